The summed E-state index contributed by atoms with van der Waals surface area (Å²) in [5.41, 5.74) is 1.16. The maximum atomic E-state index is 4.96. The van der Waals surface area contributed by atoms with Crippen LogP contribution in [0.4, 0.5) is 0 Å². The van der Waals surface area contributed by atoms with E-state index in [2.05, 4.69) is 58.8 Å². The second-order valence-electron chi connectivity index (χ2n) is 6.82. The molecule has 0 aliphatic heterocycles. The van der Waals surface area contributed by atoms with Crippen molar-refractivity contribution in [1.82, 2.24) is 5.32 Å². The largest absolute Gasteiger partial charge is 0.370 e. The van der Waals surface area contributed by atoms with Crippen LogP contribution in [0.15, 0.2) is 77.9 Å². The highest BCUT2D eigenvalue weighted by molar-refractivity contribution is 7.82. The summed E-state index contributed by atoms with van der Waals surface area (Å²) in [7, 11) is -0.831. The summed E-state index contributed by atoms with van der Waals surface area (Å²) in [4.78, 5) is 4.96. The summed E-state index contributed by atoms with van der Waals surface area (Å²) in [6.07, 6.45) is 14.9. The Hall–Kier alpha value is -1.66. The topological polar surface area (TPSA) is 24.4 Å². The lowest BCUT2D eigenvalue weighted by atomic mass is 9.98. The van der Waals surface area contributed by atoms with Crippen molar-refractivity contribution >= 4 is 13.5 Å². The molecule has 1 unspecified atom stereocenters. The van der Waals surface area contributed by atoms with E-state index < -0.39 is 7.92 Å². The molecule has 0 saturated heterocycles. The monoisotopic (exact) mass is 358 g/mol. The van der Waals surface area contributed by atoms with Gasteiger partial charge in [-0.15, -0.1) is 0 Å². The lowest BCUT2D eigenvalue weighted by molar-refractivity contribution is 0.429. The molecule has 0 aromatic carbocycles. The van der Waals surface area contributed by atoms with Crippen molar-refractivity contribution in [3.05, 3.63) is 72.9 Å². The van der Waals surface area contributed by atoms with E-state index >= 15 is 0 Å². The van der Waals surface area contributed by atoms with Gasteiger partial charge in [0.25, 0.3) is 0 Å². The minimum absolute atomic E-state index is 0.137. The second-order valence-corrected chi connectivity index (χ2v) is 8.94. The van der Waals surface area contributed by atoms with Gasteiger partial charge in [-0.05, 0) is 29.4 Å². The number of amidine groups is 1. The average Bonchev–Trinajstić information content (AvgIpc) is 2.57. The molecule has 0 aliphatic rings. The molecule has 25 heavy (non-hydrogen) atoms. The second kappa shape index (κ2) is 12.7. The normalized spacial score (nSPS) is 15.2. The van der Waals surface area contributed by atoms with Gasteiger partial charge in [0.1, 0.15) is 5.58 Å². The van der Waals surface area contributed by atoms with E-state index in [9.17, 15) is 0 Å². The molecule has 0 fully saturated rings. The molecule has 0 amide bonds. The molecule has 0 aliphatic carbocycles. The molecule has 3 heteroatoms. The first-order valence-electron chi connectivity index (χ1n) is 8.83. The highest BCUT2D eigenvalue weighted by Crippen LogP contribution is 2.54. The summed E-state index contributed by atoms with van der Waals surface area (Å²) in [5, 5.41) is 5.82. The molecule has 0 aromatic rings. The van der Waals surface area contributed by atoms with Gasteiger partial charge in [0, 0.05) is 21.0 Å². The van der Waals surface area contributed by atoms with Crippen LogP contribution in [0.3, 0.4) is 0 Å². The van der Waals surface area contributed by atoms with E-state index in [1.54, 1.807) is 0 Å². The van der Waals surface area contributed by atoms with Crippen LogP contribution in [0.5, 0.6) is 0 Å². The molecule has 2 nitrogen and oxygen atoms in total. The van der Waals surface area contributed by atoms with Crippen LogP contribution in [0.2, 0.25) is 0 Å². The Labute approximate surface area is 156 Å². The third-order valence-corrected chi connectivity index (χ3v) is 5.55. The third-order valence-electron chi connectivity index (χ3n) is 3.13. The summed E-state index contributed by atoms with van der Waals surface area (Å²) in [6.45, 7) is 24.3. The van der Waals surface area contributed by atoms with Gasteiger partial charge in [-0.3, -0.25) is 4.99 Å². The molecule has 0 bridgehead atoms. The van der Waals surface area contributed by atoms with Crippen LogP contribution in [0.25, 0.3) is 0 Å². The lowest BCUT2D eigenvalue weighted by Crippen LogP contribution is -2.25. The minimum Gasteiger partial charge on any atom is -0.370 e. The predicted octanol–water partition coefficient (Wildman–Crippen LogP) is 6.77. The Morgan fingerprint density at radius 3 is 2.12 bits per heavy atom. The van der Waals surface area contributed by atoms with Crippen molar-refractivity contribution < 1.29 is 0 Å². The summed E-state index contributed by atoms with van der Waals surface area (Å²) in [6, 6.07) is 0. The molecular formula is C22H35N2P. The SMILES string of the molecule is C=C/C=C(\C=C)P(C(=NCC(C)(C)C)NCCC)/C(C=C)=C/C=C\C. The molecule has 0 radical (unpaired) electrons. The van der Waals surface area contributed by atoms with Gasteiger partial charge >= 0.3 is 0 Å². The molecule has 0 rings (SSSR count). The number of nitrogens with one attached hydrogen (secondary N) is 1. The smallest absolute Gasteiger partial charge is 0.128 e. The van der Waals surface area contributed by atoms with E-state index in [1.165, 1.54) is 0 Å². The fourth-order valence-corrected chi connectivity index (χ4v) is 4.06. The Bertz CT molecular complexity index is 557. The zero-order valence-corrected chi connectivity index (χ0v) is 17.6. The Morgan fingerprint density at radius 1 is 1.08 bits per heavy atom. The molecule has 0 aromatic heterocycles. The first kappa shape index (κ1) is 23.3. The van der Waals surface area contributed by atoms with E-state index in [0.717, 1.165) is 35.7 Å². The number of allylic oxidation sites excluding steroid dienone is 9. The van der Waals surface area contributed by atoms with Gasteiger partial charge in [-0.1, -0.05) is 90.0 Å². The highest BCUT2D eigenvalue weighted by atomic mass is 31.1. The maximum Gasteiger partial charge on any atom is 0.128 e. The van der Waals surface area contributed by atoms with Gasteiger partial charge in [-0.2, -0.15) is 0 Å². The van der Waals surface area contributed by atoms with Gasteiger partial charge in [0.15, 0.2) is 0 Å². The third kappa shape index (κ3) is 9.41. The zero-order valence-electron chi connectivity index (χ0n) is 16.7. The van der Waals surface area contributed by atoms with Crippen molar-refractivity contribution in [1.29, 1.82) is 0 Å². The fourth-order valence-electron chi connectivity index (χ4n) is 1.93. The van der Waals surface area contributed by atoms with Crippen LogP contribution in [-0.4, -0.2) is 18.7 Å². The van der Waals surface area contributed by atoms with Crippen LogP contribution in [0.1, 0.15) is 41.0 Å². The summed E-state index contributed by atoms with van der Waals surface area (Å²) < 4.78 is 0. The lowest BCUT2D eigenvalue weighted by Gasteiger charge is -2.25. The van der Waals surface area contributed by atoms with E-state index in [-0.39, 0.29) is 5.41 Å². The van der Waals surface area contributed by atoms with Crippen LogP contribution < -0.4 is 5.32 Å². The van der Waals surface area contributed by atoms with Crippen molar-refractivity contribution in [3.63, 3.8) is 0 Å². The Morgan fingerprint density at radius 2 is 1.68 bits per heavy atom. The summed E-state index contributed by atoms with van der Waals surface area (Å²) >= 11 is 0. The fraction of sp³-hybridized carbons (Fsp3) is 0.409. The van der Waals surface area contributed by atoms with Crippen molar-refractivity contribution in [2.75, 3.05) is 13.1 Å². The minimum atomic E-state index is -0.831. The number of hydrogen-bond acceptors (Lipinski definition) is 1. The van der Waals surface area contributed by atoms with Gasteiger partial charge in [-0.25, -0.2) is 0 Å². The molecule has 1 N–H and O–H groups in total. The molecule has 138 valence electrons. The first-order valence-corrected chi connectivity index (χ1v) is 10.2. The van der Waals surface area contributed by atoms with E-state index in [1.807, 2.05) is 43.4 Å². The standard InChI is InChI=1S/C22H35N2P/c1-9-14-16-20(13-5)25(19(12-4)15-10-2)21(23-17-11-3)24-18-22(6,7)8/h9-10,12-16H,2,4-5,11,17-18H2,1,3,6-8H3,(H,23,24)/b14-9-,19-15+,20-16+. The molecule has 0 spiro atoms. The molecule has 0 saturated carbocycles. The van der Waals surface area contributed by atoms with Gasteiger partial charge in [0.2, 0.25) is 0 Å². The number of hydrogen-bond donors (Lipinski definition) is 1. The van der Waals surface area contributed by atoms with Crippen molar-refractivity contribution in [2.24, 2.45) is 10.4 Å². The molecule has 0 heterocycles. The maximum absolute atomic E-state index is 4.96. The van der Waals surface area contributed by atoms with E-state index in [0.29, 0.717) is 0 Å². The zero-order chi connectivity index (χ0) is 19.3. The van der Waals surface area contributed by atoms with Crippen LogP contribution in [0, 0.1) is 5.41 Å². The van der Waals surface area contributed by atoms with E-state index in [4.69, 9.17) is 4.99 Å². The average molecular weight is 359 g/mol. The quantitative estimate of drug-likeness (QED) is 0.198. The first-order chi connectivity index (χ1) is 11.8. The number of rotatable bonds is 10. The van der Waals surface area contributed by atoms with Crippen LogP contribution >= 0.6 is 7.92 Å². The van der Waals surface area contributed by atoms with Crippen LogP contribution in [-0.2, 0) is 0 Å². The van der Waals surface area contributed by atoms with Crippen molar-refractivity contribution in [2.45, 2.75) is 41.0 Å². The Kier molecular flexibility index (Phi) is 11.8. The van der Waals surface area contributed by atoms with Crippen molar-refractivity contribution in [3.8, 4) is 0 Å². The predicted molar refractivity (Wildman–Crippen MR) is 119 cm³/mol. The number of aliphatic imine (C=N–C) groups is 1. The molecular weight excluding hydrogens is 323 g/mol. The summed E-state index contributed by atoms with van der Waals surface area (Å²) in [5.74, 6) is 0. The number of nitrogens with zero attached hydrogens (tertiary/aromatic N) is 1. The highest BCUT2D eigenvalue weighted by Gasteiger charge is 2.22. The Balaban J connectivity index is 6.22. The van der Waals surface area contributed by atoms with Gasteiger partial charge in [0.05, 0.1) is 0 Å². The van der Waals surface area contributed by atoms with Gasteiger partial charge < -0.3 is 5.32 Å². The molecule has 1 atom stereocenters.